The molecule has 1 aromatic carbocycles. The van der Waals surface area contributed by atoms with Gasteiger partial charge in [-0.15, -0.1) is 0 Å². The zero-order chi connectivity index (χ0) is 21.9. The van der Waals surface area contributed by atoms with Crippen molar-refractivity contribution in [3.05, 3.63) is 82.7 Å². The smallest absolute Gasteiger partial charge is 0.123 e. The van der Waals surface area contributed by atoms with Crippen molar-refractivity contribution >= 4 is 6.08 Å². The van der Waals surface area contributed by atoms with E-state index in [-0.39, 0.29) is 11.2 Å². The van der Waals surface area contributed by atoms with Crippen molar-refractivity contribution in [1.82, 2.24) is 14.8 Å². The van der Waals surface area contributed by atoms with Gasteiger partial charge >= 0.3 is 0 Å². The van der Waals surface area contributed by atoms with Crippen LogP contribution < -0.4 is 0 Å². The maximum atomic E-state index is 13.4. The predicted octanol–water partition coefficient (Wildman–Crippen LogP) is 5.21. The highest BCUT2D eigenvalue weighted by Crippen LogP contribution is 2.66. The number of nitrogens with zero attached hydrogens (tertiary/aromatic N) is 3. The molecule has 0 spiro atoms. The zero-order valence-electron chi connectivity index (χ0n) is 18.4. The molecule has 4 nitrogen and oxygen atoms in total. The molecule has 2 atom stereocenters. The summed E-state index contributed by atoms with van der Waals surface area (Å²) in [6, 6.07) is 10.6. The molecule has 0 radical (unpaired) electrons. The second-order valence-corrected chi connectivity index (χ2v) is 9.89. The molecule has 2 heterocycles. The lowest BCUT2D eigenvalue weighted by Gasteiger charge is -2.46. The van der Waals surface area contributed by atoms with Gasteiger partial charge in [-0.2, -0.15) is 5.10 Å². The van der Waals surface area contributed by atoms with Gasteiger partial charge in [0.15, 0.2) is 0 Å². The van der Waals surface area contributed by atoms with Crippen LogP contribution in [0, 0.1) is 24.1 Å². The first-order valence-corrected chi connectivity index (χ1v) is 11.7. The minimum Gasteiger partial charge on any atom is -0.389 e. The van der Waals surface area contributed by atoms with E-state index in [4.69, 9.17) is 0 Å². The van der Waals surface area contributed by atoms with Crippen LogP contribution in [0.2, 0.25) is 0 Å². The Labute approximate surface area is 187 Å². The zero-order valence-corrected chi connectivity index (χ0v) is 18.4. The summed E-state index contributed by atoms with van der Waals surface area (Å²) in [6.45, 7) is 2.09. The molecule has 0 saturated heterocycles. The van der Waals surface area contributed by atoms with Gasteiger partial charge in [0.05, 0.1) is 23.2 Å². The lowest BCUT2D eigenvalue weighted by atomic mass is 9.61. The van der Waals surface area contributed by atoms with Crippen molar-refractivity contribution < 1.29 is 9.50 Å². The van der Waals surface area contributed by atoms with Crippen molar-refractivity contribution in [2.24, 2.45) is 11.3 Å². The van der Waals surface area contributed by atoms with E-state index in [9.17, 15) is 9.50 Å². The highest BCUT2D eigenvalue weighted by Gasteiger charge is 2.63. The molecule has 6 rings (SSSR count). The molecule has 5 heteroatoms. The van der Waals surface area contributed by atoms with Gasteiger partial charge in [-0.1, -0.05) is 5.57 Å². The third-order valence-corrected chi connectivity index (χ3v) is 7.99. The van der Waals surface area contributed by atoms with E-state index in [0.29, 0.717) is 5.92 Å². The molecule has 0 amide bonds. The Kier molecular flexibility index (Phi) is 4.41. The summed E-state index contributed by atoms with van der Waals surface area (Å²) in [7, 11) is 0. The monoisotopic (exact) mass is 429 g/mol. The summed E-state index contributed by atoms with van der Waals surface area (Å²) >= 11 is 0. The van der Waals surface area contributed by atoms with E-state index in [1.807, 2.05) is 23.1 Å². The molecule has 2 saturated carbocycles. The maximum absolute atomic E-state index is 13.4. The number of aromatic nitrogens is 3. The molecule has 3 aliphatic rings. The van der Waals surface area contributed by atoms with Crippen LogP contribution in [0.3, 0.4) is 0 Å². The quantitative estimate of drug-likeness (QED) is 0.606. The Balaban J connectivity index is 1.36. The lowest BCUT2D eigenvalue weighted by Crippen LogP contribution is -2.49. The van der Waals surface area contributed by atoms with Crippen LogP contribution in [0.1, 0.15) is 54.6 Å². The normalized spacial score (nSPS) is 26.5. The van der Waals surface area contributed by atoms with Crippen molar-refractivity contribution in [1.29, 1.82) is 0 Å². The number of aryl methyl sites for hydroxylation is 2. The Morgan fingerprint density at radius 2 is 2.00 bits per heavy atom. The fraction of sp³-hybridized carbons (Fsp3) is 0.407. The van der Waals surface area contributed by atoms with E-state index in [2.05, 4.69) is 29.1 Å². The molecule has 164 valence electrons. The molecule has 3 aliphatic carbocycles. The van der Waals surface area contributed by atoms with Gasteiger partial charge in [-0.3, -0.25) is 4.98 Å². The summed E-state index contributed by atoms with van der Waals surface area (Å²) in [6.07, 6.45) is 12.5. The van der Waals surface area contributed by atoms with Gasteiger partial charge in [0.1, 0.15) is 5.82 Å². The molecule has 32 heavy (non-hydrogen) atoms. The van der Waals surface area contributed by atoms with Crippen LogP contribution >= 0.6 is 0 Å². The number of halogens is 1. The predicted molar refractivity (Wildman–Crippen MR) is 122 cm³/mol. The first-order chi connectivity index (χ1) is 15.5. The van der Waals surface area contributed by atoms with E-state index < -0.39 is 5.60 Å². The van der Waals surface area contributed by atoms with Crippen LogP contribution in [0.4, 0.5) is 4.39 Å². The van der Waals surface area contributed by atoms with Gasteiger partial charge in [-0.05, 0) is 111 Å². The number of pyridine rings is 1. The SMILES string of the molecule is Cc1ccnc(CC[C@]2(O)CCC3=Cc4c(cnn4-c4ccc(F)cc4)C[C@@]32C2CC2)c1. The second kappa shape index (κ2) is 7.11. The number of hydrogen-bond donors (Lipinski definition) is 1. The summed E-state index contributed by atoms with van der Waals surface area (Å²) in [4.78, 5) is 4.53. The number of fused-ring (bicyclic) bond motifs is 2. The standard InChI is InChI=1S/C27H28FN3O/c1-18-10-13-29-23(14-18)9-12-26(32)11-8-21-15-25-19(16-27(21,26)20-2-3-20)17-30-31(25)24-6-4-22(28)5-7-24/h4-7,10,13-15,17,20,32H,2-3,8-9,11-12,16H2,1H3/t26-,27-/m1/s1. The summed E-state index contributed by atoms with van der Waals surface area (Å²) in [5.41, 5.74) is 5.84. The fourth-order valence-electron chi connectivity index (χ4n) is 6.28. The summed E-state index contributed by atoms with van der Waals surface area (Å²) in [5.74, 6) is 0.291. The third-order valence-electron chi connectivity index (χ3n) is 7.99. The number of hydrogen-bond acceptors (Lipinski definition) is 3. The van der Waals surface area contributed by atoms with E-state index in [0.717, 1.165) is 49.2 Å². The minimum absolute atomic E-state index is 0.194. The molecule has 0 bridgehead atoms. The molecule has 3 aromatic rings. The maximum Gasteiger partial charge on any atom is 0.123 e. The number of benzene rings is 1. The van der Waals surface area contributed by atoms with Crippen LogP contribution in [0.25, 0.3) is 11.8 Å². The Hall–Kier alpha value is -2.79. The molecular weight excluding hydrogens is 401 g/mol. The second-order valence-electron chi connectivity index (χ2n) is 9.89. The average molecular weight is 430 g/mol. The minimum atomic E-state index is -0.721. The van der Waals surface area contributed by atoms with E-state index >= 15 is 0 Å². The van der Waals surface area contributed by atoms with Crippen LogP contribution in [0.15, 0.2) is 54.4 Å². The highest BCUT2D eigenvalue weighted by molar-refractivity contribution is 5.63. The number of rotatable bonds is 5. The van der Waals surface area contributed by atoms with Gasteiger partial charge in [0.25, 0.3) is 0 Å². The highest BCUT2D eigenvalue weighted by atomic mass is 19.1. The Morgan fingerprint density at radius 1 is 1.19 bits per heavy atom. The van der Waals surface area contributed by atoms with Gasteiger partial charge in [-0.25, -0.2) is 9.07 Å². The largest absolute Gasteiger partial charge is 0.389 e. The van der Waals surface area contributed by atoms with Gasteiger partial charge < -0.3 is 5.11 Å². The molecular formula is C27H28FN3O. The van der Waals surface area contributed by atoms with Crippen molar-refractivity contribution in [2.45, 2.75) is 57.5 Å². The lowest BCUT2D eigenvalue weighted by molar-refractivity contribution is -0.0662. The van der Waals surface area contributed by atoms with E-state index in [1.165, 1.54) is 41.7 Å². The van der Waals surface area contributed by atoms with Crippen molar-refractivity contribution in [2.75, 3.05) is 0 Å². The Bertz CT molecular complexity index is 1210. The molecule has 2 fully saturated rings. The van der Waals surface area contributed by atoms with Crippen molar-refractivity contribution in [3.63, 3.8) is 0 Å². The van der Waals surface area contributed by atoms with E-state index in [1.54, 1.807) is 12.1 Å². The van der Waals surface area contributed by atoms with Crippen molar-refractivity contribution in [3.8, 4) is 5.69 Å². The number of aliphatic hydroxyl groups is 1. The first kappa shape index (κ1) is 19.9. The first-order valence-electron chi connectivity index (χ1n) is 11.7. The molecule has 0 aliphatic heterocycles. The topological polar surface area (TPSA) is 50.9 Å². The fourth-order valence-corrected chi connectivity index (χ4v) is 6.28. The third kappa shape index (κ3) is 2.98. The summed E-state index contributed by atoms with van der Waals surface area (Å²) < 4.78 is 15.3. The van der Waals surface area contributed by atoms with Gasteiger partial charge in [0.2, 0.25) is 0 Å². The average Bonchev–Trinajstić information content (AvgIpc) is 3.51. The molecule has 0 unspecified atom stereocenters. The van der Waals surface area contributed by atoms with Crippen LogP contribution in [0.5, 0.6) is 0 Å². The Morgan fingerprint density at radius 3 is 2.75 bits per heavy atom. The van der Waals surface area contributed by atoms with Crippen LogP contribution in [-0.4, -0.2) is 25.5 Å². The summed E-state index contributed by atoms with van der Waals surface area (Å²) in [5, 5.41) is 16.8. The molecule has 2 aromatic heterocycles. The van der Waals surface area contributed by atoms with Gasteiger partial charge in [0, 0.05) is 17.3 Å². The molecule has 1 N–H and O–H groups in total. The van der Waals surface area contributed by atoms with Crippen LogP contribution in [-0.2, 0) is 12.8 Å².